The van der Waals surface area contributed by atoms with Gasteiger partial charge in [-0.1, -0.05) is 30.3 Å². The fourth-order valence-electron chi connectivity index (χ4n) is 1.76. The molecule has 0 bridgehead atoms. The molecule has 0 saturated carbocycles. The number of nitrogen functional groups attached to an aromatic ring is 1. The molecule has 21 heavy (non-hydrogen) atoms. The van der Waals surface area contributed by atoms with E-state index in [1.54, 1.807) is 0 Å². The Morgan fingerprint density at radius 2 is 1.86 bits per heavy atom. The summed E-state index contributed by atoms with van der Waals surface area (Å²) in [7, 11) is 1.39. The first-order chi connectivity index (χ1) is 10.1. The summed E-state index contributed by atoms with van der Waals surface area (Å²) in [6.45, 7) is 1.96. The van der Waals surface area contributed by atoms with Crippen molar-refractivity contribution in [2.75, 3.05) is 12.8 Å². The number of imidazole rings is 1. The van der Waals surface area contributed by atoms with Crippen LogP contribution in [0.3, 0.4) is 0 Å². The second kappa shape index (κ2) is 7.01. The molecule has 0 amide bonds. The molecule has 0 radical (unpaired) electrons. The van der Waals surface area contributed by atoms with Gasteiger partial charge in [0.05, 0.1) is 18.1 Å². The van der Waals surface area contributed by atoms with Gasteiger partial charge in [-0.25, -0.2) is 9.19 Å². The number of nitrogens with one attached hydrogen (secondary N) is 1. The molecule has 110 valence electrons. The Morgan fingerprint density at radius 3 is 2.38 bits per heavy atom. The Hall–Kier alpha value is -2.18. The van der Waals surface area contributed by atoms with Crippen LogP contribution in [-0.4, -0.2) is 21.3 Å². The van der Waals surface area contributed by atoms with E-state index in [0.717, 1.165) is 22.3 Å². The van der Waals surface area contributed by atoms with Crippen LogP contribution >= 0.6 is 0 Å². The predicted molar refractivity (Wildman–Crippen MR) is 85.1 cm³/mol. The maximum atomic E-state index is 11.3. The second-order valence-corrected chi connectivity index (χ2v) is 5.51. The lowest BCUT2D eigenvalue weighted by atomic mass is 10.2. The zero-order valence-electron chi connectivity index (χ0n) is 11.9. The number of nitrogens with two attached hydrogens (primary N) is 1. The highest BCUT2D eigenvalue weighted by Crippen LogP contribution is 2.16. The second-order valence-electron chi connectivity index (χ2n) is 4.33. The van der Waals surface area contributed by atoms with Crippen LogP contribution in [0.2, 0.25) is 0 Å². The number of anilines is 1. The van der Waals surface area contributed by atoms with Crippen LogP contribution in [0.4, 0.5) is 5.69 Å². The molecular formula is C15H17N3O2S. The summed E-state index contributed by atoms with van der Waals surface area (Å²) in [5, 5.41) is 0.358. The van der Waals surface area contributed by atoms with E-state index in [9.17, 15) is 4.21 Å². The maximum Gasteiger partial charge on any atom is 0.226 e. The number of H-pyrrole nitrogens is 1. The Bertz CT molecular complexity index is 741. The molecule has 3 N–H and O–H groups in total. The molecule has 5 nitrogen and oxygen atoms in total. The number of rotatable bonds is 2. The van der Waals surface area contributed by atoms with E-state index in [1.807, 2.05) is 55.5 Å². The molecule has 0 aliphatic carbocycles. The predicted octanol–water partition coefficient (Wildman–Crippen LogP) is 2.81. The van der Waals surface area contributed by atoms with Crippen LogP contribution in [0.5, 0.6) is 0 Å². The van der Waals surface area contributed by atoms with Crippen molar-refractivity contribution in [2.24, 2.45) is 0 Å². The van der Waals surface area contributed by atoms with Crippen LogP contribution in [-0.2, 0) is 15.3 Å². The zero-order valence-corrected chi connectivity index (χ0v) is 12.7. The Labute approximate surface area is 125 Å². The van der Waals surface area contributed by atoms with Gasteiger partial charge in [-0.05, 0) is 30.7 Å². The Morgan fingerprint density at radius 1 is 1.14 bits per heavy atom. The third-order valence-electron chi connectivity index (χ3n) is 2.80. The van der Waals surface area contributed by atoms with Crippen molar-refractivity contribution in [2.45, 2.75) is 12.1 Å². The monoisotopic (exact) mass is 303 g/mol. The molecular weight excluding hydrogens is 286 g/mol. The molecule has 6 heteroatoms. The van der Waals surface area contributed by atoms with Crippen molar-refractivity contribution in [1.82, 2.24) is 9.97 Å². The molecule has 0 aliphatic rings. The smallest absolute Gasteiger partial charge is 0.226 e. The largest absolute Gasteiger partial charge is 0.399 e. The number of aromatic amines is 1. The van der Waals surface area contributed by atoms with Gasteiger partial charge >= 0.3 is 0 Å². The van der Waals surface area contributed by atoms with Crippen molar-refractivity contribution >= 4 is 27.8 Å². The van der Waals surface area contributed by atoms with E-state index >= 15 is 0 Å². The van der Waals surface area contributed by atoms with E-state index in [-0.39, 0.29) is 0 Å². The van der Waals surface area contributed by atoms with E-state index in [4.69, 9.17) is 5.73 Å². The quantitative estimate of drug-likeness (QED) is 0.713. The van der Waals surface area contributed by atoms with Gasteiger partial charge in [-0.2, -0.15) is 0 Å². The van der Waals surface area contributed by atoms with Gasteiger partial charge in [-0.15, -0.1) is 0 Å². The van der Waals surface area contributed by atoms with Crippen LogP contribution < -0.4 is 5.73 Å². The third-order valence-corrected chi connectivity index (χ3v) is 3.61. The molecule has 0 spiro atoms. The van der Waals surface area contributed by atoms with Crippen molar-refractivity contribution < 1.29 is 8.39 Å². The van der Waals surface area contributed by atoms with Crippen LogP contribution in [0.25, 0.3) is 11.0 Å². The minimum absolute atomic E-state index is 0.358. The van der Waals surface area contributed by atoms with Crippen LogP contribution in [0, 0.1) is 6.92 Å². The first kappa shape index (κ1) is 15.2. The standard InChI is InChI=1S/C9H10N2O2S.C6H7N/c1-6-4-3-5-7-8(6)11-9(10-7)14(12)13-2;7-6-4-2-1-3-5-6/h3-5H,1-2H3,(H,10,11);1-5H,7H2. The maximum absolute atomic E-state index is 11.3. The molecule has 0 aliphatic heterocycles. The van der Waals surface area contributed by atoms with Crippen molar-refractivity contribution in [3.05, 3.63) is 54.1 Å². The van der Waals surface area contributed by atoms with Gasteiger partial charge in [-0.3, -0.25) is 4.18 Å². The number of fused-ring (bicyclic) bond motifs is 1. The van der Waals surface area contributed by atoms with Gasteiger partial charge in [0, 0.05) is 5.69 Å². The highest BCUT2D eigenvalue weighted by Gasteiger charge is 2.09. The third kappa shape index (κ3) is 3.90. The summed E-state index contributed by atoms with van der Waals surface area (Å²) < 4.78 is 16.0. The Balaban J connectivity index is 0.000000194. The molecule has 0 fully saturated rings. The molecule has 1 unspecified atom stereocenters. The summed E-state index contributed by atoms with van der Waals surface area (Å²) in [6.07, 6.45) is 0. The topological polar surface area (TPSA) is 81.0 Å². The molecule has 3 aromatic rings. The molecule has 1 aromatic heterocycles. The van der Waals surface area contributed by atoms with E-state index in [1.165, 1.54) is 7.11 Å². The summed E-state index contributed by atoms with van der Waals surface area (Å²) in [5.74, 6) is 0. The highest BCUT2D eigenvalue weighted by atomic mass is 32.2. The molecule has 3 rings (SSSR count). The fraction of sp³-hybridized carbons (Fsp3) is 0.133. The van der Waals surface area contributed by atoms with Crippen molar-refractivity contribution in [3.8, 4) is 0 Å². The molecule has 1 heterocycles. The lowest BCUT2D eigenvalue weighted by Crippen LogP contribution is -1.94. The van der Waals surface area contributed by atoms with Gasteiger partial charge in [0.15, 0.2) is 0 Å². The van der Waals surface area contributed by atoms with Crippen molar-refractivity contribution in [1.29, 1.82) is 0 Å². The first-order valence-corrected chi connectivity index (χ1v) is 7.41. The van der Waals surface area contributed by atoms with Crippen LogP contribution in [0.15, 0.2) is 53.7 Å². The van der Waals surface area contributed by atoms with Crippen molar-refractivity contribution in [3.63, 3.8) is 0 Å². The zero-order chi connectivity index (χ0) is 15.2. The van der Waals surface area contributed by atoms with E-state index < -0.39 is 11.1 Å². The minimum Gasteiger partial charge on any atom is -0.399 e. The lowest BCUT2D eigenvalue weighted by molar-refractivity contribution is 0.441. The summed E-state index contributed by atoms with van der Waals surface area (Å²) in [6, 6.07) is 15.3. The number of hydrogen-bond donors (Lipinski definition) is 2. The number of para-hydroxylation sites is 2. The number of benzene rings is 2. The van der Waals surface area contributed by atoms with Gasteiger partial charge < -0.3 is 10.7 Å². The first-order valence-electron chi connectivity index (χ1n) is 6.34. The average Bonchev–Trinajstić information content (AvgIpc) is 2.93. The van der Waals surface area contributed by atoms with Gasteiger partial charge in [0.2, 0.25) is 16.2 Å². The number of aryl methyl sites for hydroxylation is 1. The SMILES string of the molecule is COS(=O)c1nc2c(C)cccc2[nH]1.Nc1ccccc1. The van der Waals surface area contributed by atoms with E-state index in [2.05, 4.69) is 14.2 Å². The molecule has 2 aromatic carbocycles. The lowest BCUT2D eigenvalue weighted by Gasteiger charge is -1.90. The molecule has 0 saturated heterocycles. The molecule has 1 atom stereocenters. The van der Waals surface area contributed by atoms with Gasteiger partial charge in [0.1, 0.15) is 0 Å². The minimum atomic E-state index is -1.50. The average molecular weight is 303 g/mol. The normalized spacial score (nSPS) is 11.7. The van der Waals surface area contributed by atoms with E-state index in [0.29, 0.717) is 5.16 Å². The summed E-state index contributed by atoms with van der Waals surface area (Å²) in [4.78, 5) is 7.15. The number of aromatic nitrogens is 2. The number of hydrogen-bond acceptors (Lipinski definition) is 4. The van der Waals surface area contributed by atoms with Gasteiger partial charge in [0.25, 0.3) is 0 Å². The van der Waals surface area contributed by atoms with Crippen LogP contribution in [0.1, 0.15) is 5.56 Å². The summed E-state index contributed by atoms with van der Waals surface area (Å²) >= 11 is -1.50. The Kier molecular flexibility index (Phi) is 5.08. The summed E-state index contributed by atoms with van der Waals surface area (Å²) in [5.41, 5.74) is 8.95. The fourth-order valence-corrected chi connectivity index (χ4v) is 2.28. The highest BCUT2D eigenvalue weighted by molar-refractivity contribution is 7.80. The number of nitrogens with zero attached hydrogens (tertiary/aromatic N) is 1.